The van der Waals surface area contributed by atoms with Gasteiger partial charge in [0.25, 0.3) is 0 Å². The number of nitrogens with zero attached hydrogens (tertiary/aromatic N) is 1. The molecule has 0 saturated carbocycles. The van der Waals surface area contributed by atoms with Crippen LogP contribution in [0, 0.1) is 6.92 Å². The molecular formula is C18H24N2. The maximum Gasteiger partial charge on any atom is 0.0661 e. The Balaban J connectivity index is 2.23. The van der Waals surface area contributed by atoms with Crippen molar-refractivity contribution in [2.24, 2.45) is 5.73 Å². The van der Waals surface area contributed by atoms with E-state index in [9.17, 15) is 0 Å². The number of hydrogen-bond donors (Lipinski definition) is 1. The minimum atomic E-state index is 0.212. The summed E-state index contributed by atoms with van der Waals surface area (Å²) in [4.78, 5) is 2.25. The predicted octanol–water partition coefficient (Wildman–Crippen LogP) is 3.69. The van der Waals surface area contributed by atoms with Crippen LogP contribution in [0.25, 0.3) is 0 Å². The molecule has 20 heavy (non-hydrogen) atoms. The largest absolute Gasteiger partial charge is 0.366 e. The summed E-state index contributed by atoms with van der Waals surface area (Å²) in [6.45, 7) is 4.89. The molecule has 0 bridgehead atoms. The summed E-state index contributed by atoms with van der Waals surface area (Å²) in [6, 6.07) is 17.6. The lowest BCUT2D eigenvalue weighted by molar-refractivity contribution is 0.680. The van der Waals surface area contributed by atoms with Crippen molar-refractivity contribution in [2.75, 3.05) is 18.5 Å². The minimum absolute atomic E-state index is 0.212. The van der Waals surface area contributed by atoms with Gasteiger partial charge in [0.15, 0.2) is 0 Å². The van der Waals surface area contributed by atoms with E-state index in [2.05, 4.69) is 74.3 Å². The van der Waals surface area contributed by atoms with Crippen LogP contribution in [0.15, 0.2) is 48.5 Å². The molecule has 2 N–H and O–H groups in total. The van der Waals surface area contributed by atoms with Gasteiger partial charge in [-0.05, 0) is 36.6 Å². The Hall–Kier alpha value is -1.80. The van der Waals surface area contributed by atoms with E-state index in [1.54, 1.807) is 0 Å². The van der Waals surface area contributed by atoms with Gasteiger partial charge in [-0.2, -0.15) is 0 Å². The van der Waals surface area contributed by atoms with Crippen molar-refractivity contribution < 1.29 is 0 Å². The number of benzene rings is 2. The van der Waals surface area contributed by atoms with Crippen LogP contribution in [0.2, 0.25) is 0 Å². The van der Waals surface area contributed by atoms with Crippen LogP contribution in [0.4, 0.5) is 5.69 Å². The fraction of sp³-hybridized carbons (Fsp3) is 0.333. The fourth-order valence-corrected chi connectivity index (χ4v) is 2.45. The van der Waals surface area contributed by atoms with Crippen molar-refractivity contribution in [1.29, 1.82) is 0 Å². The minimum Gasteiger partial charge on any atom is -0.366 e. The molecule has 106 valence electrons. The lowest BCUT2D eigenvalue weighted by Crippen LogP contribution is -2.30. The first-order chi connectivity index (χ1) is 9.65. The summed E-state index contributed by atoms with van der Waals surface area (Å²) >= 11 is 0. The van der Waals surface area contributed by atoms with Gasteiger partial charge in [0.2, 0.25) is 0 Å². The Kier molecular flexibility index (Phi) is 4.80. The molecule has 0 aromatic heterocycles. The first-order valence-corrected chi connectivity index (χ1v) is 7.24. The quantitative estimate of drug-likeness (QED) is 0.896. The molecule has 2 heteroatoms. The highest BCUT2D eigenvalue weighted by Gasteiger charge is 2.15. The Labute approximate surface area is 122 Å². The number of anilines is 1. The lowest BCUT2D eigenvalue weighted by Gasteiger charge is -2.29. The molecule has 2 rings (SSSR count). The number of likely N-dealkylation sites (N-methyl/N-ethyl adjacent to an activating group) is 1. The van der Waals surface area contributed by atoms with Crippen molar-refractivity contribution in [3.05, 3.63) is 65.2 Å². The maximum absolute atomic E-state index is 6.00. The van der Waals surface area contributed by atoms with Crippen LogP contribution < -0.4 is 10.6 Å². The average Bonchev–Trinajstić information content (AvgIpc) is 2.49. The topological polar surface area (TPSA) is 29.3 Å². The zero-order chi connectivity index (χ0) is 14.5. The Morgan fingerprint density at radius 3 is 2.10 bits per heavy atom. The van der Waals surface area contributed by atoms with Gasteiger partial charge < -0.3 is 10.6 Å². The molecule has 0 aliphatic rings. The second-order valence-corrected chi connectivity index (χ2v) is 5.29. The third-order valence-electron chi connectivity index (χ3n) is 3.90. The van der Waals surface area contributed by atoms with Crippen molar-refractivity contribution >= 4 is 5.69 Å². The van der Waals surface area contributed by atoms with E-state index in [0.717, 1.165) is 6.42 Å². The molecule has 2 aromatic rings. The lowest BCUT2D eigenvalue weighted by atomic mass is 10.0. The van der Waals surface area contributed by atoms with Crippen LogP contribution >= 0.6 is 0 Å². The van der Waals surface area contributed by atoms with Gasteiger partial charge in [0.05, 0.1) is 6.04 Å². The van der Waals surface area contributed by atoms with Crippen LogP contribution in [-0.2, 0) is 6.42 Å². The van der Waals surface area contributed by atoms with Gasteiger partial charge in [-0.1, -0.05) is 48.9 Å². The second kappa shape index (κ2) is 6.58. The van der Waals surface area contributed by atoms with Gasteiger partial charge in [-0.15, -0.1) is 0 Å². The van der Waals surface area contributed by atoms with E-state index in [1.165, 1.54) is 22.4 Å². The highest BCUT2D eigenvalue weighted by atomic mass is 15.1. The summed E-state index contributed by atoms with van der Waals surface area (Å²) in [6.07, 6.45) is 1.07. The standard InChI is InChI=1S/C18H24N2/c1-4-15-7-9-16(10-8-15)18(13-19)20(3)17-11-5-14(2)6-12-17/h5-12,18H,4,13,19H2,1-3H3. The molecule has 2 nitrogen and oxygen atoms in total. The molecule has 0 heterocycles. The normalized spacial score (nSPS) is 12.2. The number of nitrogens with two attached hydrogens (primary N) is 1. The summed E-state index contributed by atoms with van der Waals surface area (Å²) in [5, 5.41) is 0. The second-order valence-electron chi connectivity index (χ2n) is 5.29. The van der Waals surface area contributed by atoms with Crippen LogP contribution in [-0.4, -0.2) is 13.6 Å². The van der Waals surface area contributed by atoms with Crippen LogP contribution in [0.3, 0.4) is 0 Å². The van der Waals surface area contributed by atoms with Crippen molar-refractivity contribution in [3.8, 4) is 0 Å². The molecular weight excluding hydrogens is 244 g/mol. The number of rotatable bonds is 5. The Morgan fingerprint density at radius 1 is 1.00 bits per heavy atom. The first kappa shape index (κ1) is 14.6. The monoisotopic (exact) mass is 268 g/mol. The van der Waals surface area contributed by atoms with Crippen molar-refractivity contribution in [2.45, 2.75) is 26.3 Å². The predicted molar refractivity (Wildman–Crippen MR) is 87.2 cm³/mol. The zero-order valence-electron chi connectivity index (χ0n) is 12.6. The van der Waals surface area contributed by atoms with Gasteiger partial charge in [0.1, 0.15) is 0 Å². The molecule has 0 saturated heterocycles. The molecule has 0 radical (unpaired) electrons. The molecule has 0 aliphatic heterocycles. The van der Waals surface area contributed by atoms with Gasteiger partial charge in [0, 0.05) is 19.3 Å². The molecule has 0 aliphatic carbocycles. The van der Waals surface area contributed by atoms with Gasteiger partial charge >= 0.3 is 0 Å². The van der Waals surface area contributed by atoms with Gasteiger partial charge in [-0.3, -0.25) is 0 Å². The van der Waals surface area contributed by atoms with E-state index >= 15 is 0 Å². The zero-order valence-corrected chi connectivity index (χ0v) is 12.6. The molecule has 2 aromatic carbocycles. The molecule has 0 fully saturated rings. The van der Waals surface area contributed by atoms with Crippen molar-refractivity contribution in [3.63, 3.8) is 0 Å². The summed E-state index contributed by atoms with van der Waals surface area (Å²) in [5.74, 6) is 0. The van der Waals surface area contributed by atoms with E-state index in [0.29, 0.717) is 6.54 Å². The first-order valence-electron chi connectivity index (χ1n) is 7.24. The van der Waals surface area contributed by atoms with E-state index in [4.69, 9.17) is 5.73 Å². The van der Waals surface area contributed by atoms with Gasteiger partial charge in [-0.25, -0.2) is 0 Å². The van der Waals surface area contributed by atoms with Crippen LogP contribution in [0.5, 0.6) is 0 Å². The average molecular weight is 268 g/mol. The fourth-order valence-electron chi connectivity index (χ4n) is 2.45. The Bertz CT molecular complexity index is 528. The number of hydrogen-bond acceptors (Lipinski definition) is 2. The SMILES string of the molecule is CCc1ccc(C(CN)N(C)c2ccc(C)cc2)cc1. The van der Waals surface area contributed by atoms with E-state index in [1.807, 2.05) is 0 Å². The highest BCUT2D eigenvalue weighted by molar-refractivity contribution is 5.49. The summed E-state index contributed by atoms with van der Waals surface area (Å²) in [7, 11) is 2.11. The maximum atomic E-state index is 6.00. The van der Waals surface area contributed by atoms with Crippen LogP contribution in [0.1, 0.15) is 29.7 Å². The molecule has 1 atom stereocenters. The van der Waals surface area contributed by atoms with Crippen molar-refractivity contribution in [1.82, 2.24) is 0 Å². The third-order valence-corrected chi connectivity index (χ3v) is 3.90. The summed E-state index contributed by atoms with van der Waals surface area (Å²) in [5.41, 5.74) is 11.1. The molecule has 0 spiro atoms. The Morgan fingerprint density at radius 2 is 1.60 bits per heavy atom. The van der Waals surface area contributed by atoms with E-state index in [-0.39, 0.29) is 6.04 Å². The third kappa shape index (κ3) is 3.20. The molecule has 0 amide bonds. The summed E-state index contributed by atoms with van der Waals surface area (Å²) < 4.78 is 0. The van der Waals surface area contributed by atoms with E-state index < -0.39 is 0 Å². The smallest absolute Gasteiger partial charge is 0.0661 e. The highest BCUT2D eigenvalue weighted by Crippen LogP contribution is 2.25. The molecule has 1 unspecified atom stereocenters. The number of aryl methyl sites for hydroxylation is 2.